The summed E-state index contributed by atoms with van der Waals surface area (Å²) in [6.07, 6.45) is 1.25. The van der Waals surface area contributed by atoms with Gasteiger partial charge in [-0.15, -0.1) is 11.3 Å². The number of nitrogens with zero attached hydrogens (tertiary/aromatic N) is 1. The first-order valence-corrected chi connectivity index (χ1v) is 8.24. The Morgan fingerprint density at radius 1 is 1.39 bits per heavy atom. The molecule has 0 bridgehead atoms. The van der Waals surface area contributed by atoms with Crippen molar-refractivity contribution in [3.8, 4) is 0 Å². The third kappa shape index (κ3) is 5.37. The van der Waals surface area contributed by atoms with Crippen LogP contribution in [0.3, 0.4) is 0 Å². The van der Waals surface area contributed by atoms with Crippen LogP contribution in [0.5, 0.6) is 0 Å². The zero-order valence-corrected chi connectivity index (χ0v) is 13.6. The van der Waals surface area contributed by atoms with Crippen molar-refractivity contribution in [3.05, 3.63) is 51.5 Å². The predicted octanol–water partition coefficient (Wildman–Crippen LogP) is 3.32. The zero-order chi connectivity index (χ0) is 16.7. The van der Waals surface area contributed by atoms with Crippen LogP contribution >= 0.6 is 11.3 Å². The van der Waals surface area contributed by atoms with Gasteiger partial charge in [-0.1, -0.05) is 6.07 Å². The summed E-state index contributed by atoms with van der Waals surface area (Å²) in [6.45, 7) is 3.28. The van der Waals surface area contributed by atoms with E-state index < -0.39 is 17.6 Å². The monoisotopic (exact) mass is 340 g/mol. The average Bonchev–Trinajstić information content (AvgIpc) is 2.98. The third-order valence-corrected chi connectivity index (χ3v) is 3.98. The number of aromatic nitrogens is 1. The van der Waals surface area contributed by atoms with Gasteiger partial charge in [0.25, 0.3) is 0 Å². The van der Waals surface area contributed by atoms with Gasteiger partial charge in [0.2, 0.25) is 0 Å². The van der Waals surface area contributed by atoms with E-state index in [1.165, 1.54) is 23.5 Å². The van der Waals surface area contributed by atoms with Crippen molar-refractivity contribution in [1.82, 2.24) is 10.3 Å². The molecule has 2 rings (SSSR count). The van der Waals surface area contributed by atoms with E-state index in [4.69, 9.17) is 4.74 Å². The molecule has 0 saturated carbocycles. The Hall–Kier alpha value is -1.86. The van der Waals surface area contributed by atoms with Gasteiger partial charge in [-0.05, 0) is 37.9 Å². The van der Waals surface area contributed by atoms with E-state index in [2.05, 4.69) is 10.3 Å². The van der Waals surface area contributed by atoms with Crippen molar-refractivity contribution < 1.29 is 18.3 Å². The second kappa shape index (κ2) is 8.69. The van der Waals surface area contributed by atoms with E-state index in [0.717, 1.165) is 17.5 Å². The number of hydrogen-bond acceptors (Lipinski definition) is 5. The molecule has 1 N–H and O–H groups in total. The summed E-state index contributed by atoms with van der Waals surface area (Å²) < 4.78 is 31.1. The number of halogens is 2. The molecule has 23 heavy (non-hydrogen) atoms. The molecule has 4 nitrogen and oxygen atoms in total. The third-order valence-electron chi connectivity index (χ3n) is 3.13. The lowest BCUT2D eigenvalue weighted by Gasteiger charge is -2.04. The molecule has 2 aromatic rings. The van der Waals surface area contributed by atoms with Crippen molar-refractivity contribution in [2.24, 2.45) is 0 Å². The van der Waals surface area contributed by atoms with Crippen molar-refractivity contribution >= 4 is 17.3 Å². The van der Waals surface area contributed by atoms with Gasteiger partial charge in [0.05, 0.1) is 6.61 Å². The summed E-state index contributed by atoms with van der Waals surface area (Å²) in [5.74, 6) is -1.49. The lowest BCUT2D eigenvalue weighted by Crippen LogP contribution is -2.15. The summed E-state index contributed by atoms with van der Waals surface area (Å²) in [5, 5.41) is 5.65. The Morgan fingerprint density at radius 3 is 2.96 bits per heavy atom. The van der Waals surface area contributed by atoms with Gasteiger partial charge in [0.1, 0.15) is 16.6 Å². The number of nitrogens with one attached hydrogen (secondary N) is 1. The van der Waals surface area contributed by atoms with Crippen LogP contribution in [0.2, 0.25) is 0 Å². The molecule has 0 fully saturated rings. The molecule has 0 radical (unpaired) electrons. The van der Waals surface area contributed by atoms with Crippen LogP contribution < -0.4 is 5.32 Å². The molecule has 0 atom stereocenters. The van der Waals surface area contributed by atoms with Crippen molar-refractivity contribution in [3.63, 3.8) is 0 Å². The number of benzene rings is 1. The van der Waals surface area contributed by atoms with Gasteiger partial charge in [0, 0.05) is 18.0 Å². The second-order valence-corrected chi connectivity index (χ2v) is 5.81. The highest BCUT2D eigenvalue weighted by molar-refractivity contribution is 7.09. The highest BCUT2D eigenvalue weighted by Gasteiger charge is 2.11. The summed E-state index contributed by atoms with van der Waals surface area (Å²) in [7, 11) is 0. The number of ether oxygens (including phenoxy) is 1. The van der Waals surface area contributed by atoms with E-state index in [1.54, 1.807) is 12.3 Å². The van der Waals surface area contributed by atoms with E-state index in [9.17, 15) is 13.6 Å². The van der Waals surface area contributed by atoms with E-state index in [1.807, 2.05) is 0 Å². The molecule has 0 spiro atoms. The Labute approximate surface area is 137 Å². The minimum absolute atomic E-state index is 0.321. The normalized spacial score (nSPS) is 10.7. The number of carbonyl (C=O) groups excluding carboxylic acids is 1. The number of thiazole rings is 1. The maximum Gasteiger partial charge on any atom is 0.357 e. The molecule has 0 saturated heterocycles. The van der Waals surface area contributed by atoms with E-state index in [-0.39, 0.29) is 0 Å². The van der Waals surface area contributed by atoms with Gasteiger partial charge in [-0.2, -0.15) is 0 Å². The Kier molecular flexibility index (Phi) is 6.61. The topological polar surface area (TPSA) is 51.2 Å². The first-order chi connectivity index (χ1) is 11.1. The number of hydrogen-bond donors (Lipinski definition) is 1. The predicted molar refractivity (Wildman–Crippen MR) is 84.5 cm³/mol. The van der Waals surface area contributed by atoms with Gasteiger partial charge in [-0.3, -0.25) is 0 Å². The molecule has 1 aromatic heterocycles. The highest BCUT2D eigenvalue weighted by atomic mass is 32.1. The molecule has 1 aromatic carbocycles. The summed E-state index contributed by atoms with van der Waals surface area (Å²) in [6, 6.07) is 3.63. The van der Waals surface area contributed by atoms with Crippen molar-refractivity contribution in [2.45, 2.75) is 26.3 Å². The summed E-state index contributed by atoms with van der Waals surface area (Å²) in [4.78, 5) is 15.7. The minimum Gasteiger partial charge on any atom is -0.461 e. The van der Waals surface area contributed by atoms with Gasteiger partial charge >= 0.3 is 5.97 Å². The standard InChI is InChI=1S/C16H18F2N2O2S/c1-2-22-16(21)14-10-23-15(20-14)9-19-7-3-4-11-5-6-12(17)8-13(11)18/h5-6,8,10,19H,2-4,7,9H2,1H3. The maximum atomic E-state index is 13.5. The fraction of sp³-hybridized carbons (Fsp3) is 0.375. The Bertz CT molecular complexity index is 661. The van der Waals surface area contributed by atoms with Gasteiger partial charge in [-0.25, -0.2) is 18.6 Å². The maximum absolute atomic E-state index is 13.5. The molecule has 7 heteroatoms. The molecule has 0 aliphatic rings. The zero-order valence-electron chi connectivity index (χ0n) is 12.8. The molecule has 0 unspecified atom stereocenters. The Balaban J connectivity index is 1.70. The highest BCUT2D eigenvalue weighted by Crippen LogP contribution is 2.12. The van der Waals surface area contributed by atoms with Crippen LogP contribution in [-0.2, 0) is 17.7 Å². The van der Waals surface area contributed by atoms with Crippen LogP contribution in [-0.4, -0.2) is 24.1 Å². The number of esters is 1. The quantitative estimate of drug-likeness (QED) is 0.592. The van der Waals surface area contributed by atoms with E-state index >= 15 is 0 Å². The summed E-state index contributed by atoms with van der Waals surface area (Å²) >= 11 is 1.39. The van der Waals surface area contributed by atoms with Crippen molar-refractivity contribution in [1.29, 1.82) is 0 Å². The van der Waals surface area contributed by atoms with Crippen molar-refractivity contribution in [2.75, 3.05) is 13.2 Å². The van der Waals surface area contributed by atoms with Crippen LogP contribution in [0.15, 0.2) is 23.6 Å². The SMILES string of the molecule is CCOC(=O)c1csc(CNCCCc2ccc(F)cc2F)n1. The second-order valence-electron chi connectivity index (χ2n) is 4.86. The summed E-state index contributed by atoms with van der Waals surface area (Å²) in [5.41, 5.74) is 0.828. The van der Waals surface area contributed by atoms with Gasteiger partial charge in [0.15, 0.2) is 5.69 Å². The van der Waals surface area contributed by atoms with E-state index in [0.29, 0.717) is 37.4 Å². The largest absolute Gasteiger partial charge is 0.461 e. The average molecular weight is 340 g/mol. The fourth-order valence-electron chi connectivity index (χ4n) is 2.01. The van der Waals surface area contributed by atoms with Crippen LogP contribution in [0.4, 0.5) is 8.78 Å². The number of aryl methyl sites for hydroxylation is 1. The lowest BCUT2D eigenvalue weighted by molar-refractivity contribution is 0.0520. The molecule has 0 aliphatic carbocycles. The minimum atomic E-state index is -0.564. The van der Waals surface area contributed by atoms with Crippen LogP contribution in [0, 0.1) is 11.6 Å². The Morgan fingerprint density at radius 2 is 2.22 bits per heavy atom. The van der Waals surface area contributed by atoms with Gasteiger partial charge < -0.3 is 10.1 Å². The van der Waals surface area contributed by atoms with Crippen LogP contribution in [0.25, 0.3) is 0 Å². The first-order valence-electron chi connectivity index (χ1n) is 7.36. The molecule has 124 valence electrons. The molecular weight excluding hydrogens is 322 g/mol. The van der Waals surface area contributed by atoms with Crippen LogP contribution in [0.1, 0.15) is 34.4 Å². The smallest absolute Gasteiger partial charge is 0.357 e. The molecule has 0 amide bonds. The lowest BCUT2D eigenvalue weighted by atomic mass is 10.1. The molecule has 0 aliphatic heterocycles. The molecule has 1 heterocycles. The fourth-order valence-corrected chi connectivity index (χ4v) is 2.75. The first kappa shape index (κ1) is 17.5. The number of rotatable bonds is 8. The number of carbonyl (C=O) groups is 1. The molecular formula is C16H18F2N2O2S.